The average Bonchev–Trinajstić information content (AvgIpc) is 3.57. The van der Waals surface area contributed by atoms with Gasteiger partial charge in [0.1, 0.15) is 17.3 Å². The molecule has 3 aromatic rings. The lowest BCUT2D eigenvalue weighted by atomic mass is 9.78. The Hall–Kier alpha value is -4.33. The SMILES string of the molecule is CCC1CC2(C)C=CC(F)=CC2N1C(=O)c1cc(Nc2ccc3c(c2)CC2(C3)C(=O)Nc3ncccc32)ccn1. The summed E-state index contributed by atoms with van der Waals surface area (Å²) in [6, 6.07) is 13.2. The summed E-state index contributed by atoms with van der Waals surface area (Å²) < 4.78 is 14.2. The van der Waals surface area contributed by atoms with Crippen LogP contribution < -0.4 is 10.6 Å². The zero-order chi connectivity index (χ0) is 27.6. The van der Waals surface area contributed by atoms with Gasteiger partial charge in [-0.05, 0) is 79.3 Å². The minimum absolute atomic E-state index is 0.00391. The van der Waals surface area contributed by atoms with Crippen LogP contribution >= 0.6 is 0 Å². The highest BCUT2D eigenvalue weighted by Crippen LogP contribution is 2.48. The molecule has 4 aliphatic rings. The van der Waals surface area contributed by atoms with E-state index in [1.54, 1.807) is 24.5 Å². The van der Waals surface area contributed by atoms with Gasteiger partial charge in [0.05, 0.1) is 11.5 Å². The summed E-state index contributed by atoms with van der Waals surface area (Å²) in [5.74, 6) is 0.141. The number of carbonyl (C=O) groups is 2. The molecule has 1 saturated heterocycles. The predicted octanol–water partition coefficient (Wildman–Crippen LogP) is 5.63. The van der Waals surface area contributed by atoms with Crippen molar-refractivity contribution in [3.05, 3.63) is 101 Å². The van der Waals surface area contributed by atoms with Crippen molar-refractivity contribution < 1.29 is 14.0 Å². The molecule has 2 aromatic heterocycles. The van der Waals surface area contributed by atoms with E-state index in [4.69, 9.17) is 0 Å². The summed E-state index contributed by atoms with van der Waals surface area (Å²) in [5.41, 5.74) is 4.22. The Kier molecular flexibility index (Phi) is 5.46. The predicted molar refractivity (Wildman–Crippen MR) is 151 cm³/mol. The molecule has 0 bridgehead atoms. The summed E-state index contributed by atoms with van der Waals surface area (Å²) in [7, 11) is 0. The fraction of sp³-hybridized carbons (Fsp3) is 0.312. The van der Waals surface area contributed by atoms with Gasteiger partial charge in [0.15, 0.2) is 0 Å². The molecule has 1 spiro atoms. The lowest BCUT2D eigenvalue weighted by Gasteiger charge is -2.34. The smallest absolute Gasteiger partial charge is 0.273 e. The van der Waals surface area contributed by atoms with Crippen LogP contribution in [0.4, 0.5) is 21.6 Å². The second kappa shape index (κ2) is 8.84. The van der Waals surface area contributed by atoms with Gasteiger partial charge in [-0.1, -0.05) is 32.1 Å². The summed E-state index contributed by atoms with van der Waals surface area (Å²) >= 11 is 0. The molecule has 4 heterocycles. The van der Waals surface area contributed by atoms with E-state index in [9.17, 15) is 14.0 Å². The van der Waals surface area contributed by atoms with Gasteiger partial charge in [0, 0.05) is 40.8 Å². The number of rotatable bonds is 4. The molecule has 8 heteroatoms. The molecule has 4 unspecified atom stereocenters. The maximum atomic E-state index is 14.2. The number of fused-ring (bicyclic) bond motifs is 4. The maximum Gasteiger partial charge on any atom is 0.273 e. The molecule has 2 amide bonds. The average molecular weight is 536 g/mol. The summed E-state index contributed by atoms with van der Waals surface area (Å²) in [6.07, 6.45) is 11.1. The number of aromatic nitrogens is 2. The number of amides is 2. The first-order valence-corrected chi connectivity index (χ1v) is 13.8. The van der Waals surface area contributed by atoms with Crippen LogP contribution in [0.25, 0.3) is 0 Å². The number of benzene rings is 1. The number of anilines is 3. The molecule has 2 N–H and O–H groups in total. The number of hydrogen-bond acceptors (Lipinski definition) is 5. The Balaban J connectivity index is 1.13. The van der Waals surface area contributed by atoms with Crippen molar-refractivity contribution in [1.29, 1.82) is 0 Å². The minimum atomic E-state index is -0.622. The van der Waals surface area contributed by atoms with E-state index in [1.807, 2.05) is 35.2 Å². The third-order valence-corrected chi connectivity index (χ3v) is 9.14. The number of pyridine rings is 2. The van der Waals surface area contributed by atoms with E-state index in [2.05, 4.69) is 46.6 Å². The first kappa shape index (κ1) is 24.7. The zero-order valence-electron chi connectivity index (χ0n) is 22.4. The Morgan fingerprint density at radius 3 is 2.80 bits per heavy atom. The highest BCUT2D eigenvalue weighted by Gasteiger charge is 2.51. The Morgan fingerprint density at radius 1 is 1.12 bits per heavy atom. The van der Waals surface area contributed by atoms with Crippen LogP contribution in [0.2, 0.25) is 0 Å². The highest BCUT2D eigenvalue weighted by atomic mass is 19.1. The molecular formula is C32H30FN5O2. The van der Waals surface area contributed by atoms with E-state index in [0.29, 0.717) is 24.4 Å². The van der Waals surface area contributed by atoms with Gasteiger partial charge in [-0.15, -0.1) is 0 Å². The van der Waals surface area contributed by atoms with E-state index >= 15 is 0 Å². The molecule has 202 valence electrons. The molecule has 4 atom stereocenters. The van der Waals surface area contributed by atoms with Crippen molar-refractivity contribution in [2.45, 2.75) is 57.0 Å². The maximum absolute atomic E-state index is 14.2. The first-order chi connectivity index (χ1) is 19.3. The third kappa shape index (κ3) is 3.69. The second-order valence-electron chi connectivity index (χ2n) is 11.6. The molecule has 2 aliphatic heterocycles. The van der Waals surface area contributed by atoms with E-state index in [0.717, 1.165) is 40.9 Å². The van der Waals surface area contributed by atoms with Gasteiger partial charge in [-0.3, -0.25) is 14.6 Å². The Bertz CT molecular complexity index is 1630. The quantitative estimate of drug-likeness (QED) is 0.452. The van der Waals surface area contributed by atoms with Crippen molar-refractivity contribution in [2.75, 3.05) is 10.6 Å². The van der Waals surface area contributed by atoms with Crippen LogP contribution in [-0.2, 0) is 23.1 Å². The number of carbonyl (C=O) groups excluding carboxylic acids is 2. The van der Waals surface area contributed by atoms with E-state index in [-0.39, 0.29) is 35.1 Å². The van der Waals surface area contributed by atoms with Gasteiger partial charge in [0.25, 0.3) is 5.91 Å². The largest absolute Gasteiger partial charge is 0.355 e. The number of nitrogens with one attached hydrogen (secondary N) is 2. The van der Waals surface area contributed by atoms with Crippen molar-refractivity contribution in [1.82, 2.24) is 14.9 Å². The van der Waals surface area contributed by atoms with Crippen LogP contribution in [0, 0.1) is 5.41 Å². The van der Waals surface area contributed by atoms with Gasteiger partial charge in [-0.25, -0.2) is 9.37 Å². The Morgan fingerprint density at radius 2 is 1.95 bits per heavy atom. The third-order valence-electron chi connectivity index (χ3n) is 9.14. The highest BCUT2D eigenvalue weighted by molar-refractivity contribution is 6.06. The first-order valence-electron chi connectivity index (χ1n) is 13.8. The molecular weight excluding hydrogens is 505 g/mol. The number of halogens is 1. The van der Waals surface area contributed by atoms with Crippen molar-refractivity contribution in [3.8, 4) is 0 Å². The van der Waals surface area contributed by atoms with Crippen LogP contribution in [0.5, 0.6) is 0 Å². The molecule has 40 heavy (non-hydrogen) atoms. The van der Waals surface area contributed by atoms with Crippen LogP contribution in [0.1, 0.15) is 53.9 Å². The monoisotopic (exact) mass is 535 g/mol. The molecule has 0 saturated carbocycles. The molecule has 2 aliphatic carbocycles. The molecule has 1 aromatic carbocycles. The van der Waals surface area contributed by atoms with Crippen LogP contribution in [-0.4, -0.2) is 38.8 Å². The fourth-order valence-electron chi connectivity index (χ4n) is 7.09. The van der Waals surface area contributed by atoms with Gasteiger partial charge < -0.3 is 15.5 Å². The lowest BCUT2D eigenvalue weighted by molar-refractivity contribution is -0.120. The van der Waals surface area contributed by atoms with Gasteiger partial charge in [-0.2, -0.15) is 0 Å². The number of likely N-dealkylation sites (tertiary alicyclic amines) is 1. The second-order valence-corrected chi connectivity index (χ2v) is 11.6. The number of hydrogen-bond donors (Lipinski definition) is 2. The van der Waals surface area contributed by atoms with Gasteiger partial charge >= 0.3 is 0 Å². The number of nitrogens with zero attached hydrogens (tertiary/aromatic N) is 3. The summed E-state index contributed by atoms with van der Waals surface area (Å²) in [6.45, 7) is 4.14. The Labute approximate surface area is 232 Å². The minimum Gasteiger partial charge on any atom is -0.355 e. The number of allylic oxidation sites excluding steroid dienone is 2. The van der Waals surface area contributed by atoms with Crippen molar-refractivity contribution in [3.63, 3.8) is 0 Å². The normalized spacial score (nSPS) is 27.7. The lowest BCUT2D eigenvalue weighted by Crippen LogP contribution is -2.44. The van der Waals surface area contributed by atoms with Crippen LogP contribution in [0.15, 0.2) is 78.9 Å². The summed E-state index contributed by atoms with van der Waals surface area (Å²) in [5, 5.41) is 6.37. The molecule has 7 nitrogen and oxygen atoms in total. The van der Waals surface area contributed by atoms with E-state index in [1.165, 1.54) is 6.08 Å². The van der Waals surface area contributed by atoms with Crippen LogP contribution in [0.3, 0.4) is 0 Å². The van der Waals surface area contributed by atoms with Crippen molar-refractivity contribution in [2.24, 2.45) is 5.41 Å². The van der Waals surface area contributed by atoms with E-state index < -0.39 is 5.41 Å². The summed E-state index contributed by atoms with van der Waals surface area (Å²) in [4.78, 5) is 37.4. The standard InChI is InChI=1S/C32H30FN5O2/c1-3-24-18-31(2)10-8-21(33)14-27(31)38(24)29(39)26-15-23(9-12-34-26)36-22-7-6-19-16-32(17-20(19)13-22)25-5-4-11-35-28(25)37-30(32)40/h4-15,24,27H,3,16-18H2,1-2H3,(H,34,36)(H,35,37,40). The fourth-order valence-corrected chi connectivity index (χ4v) is 7.09. The molecule has 1 fully saturated rings. The zero-order valence-corrected chi connectivity index (χ0v) is 22.4. The molecule has 7 rings (SSSR count). The van der Waals surface area contributed by atoms with Crippen molar-refractivity contribution >= 4 is 29.0 Å². The van der Waals surface area contributed by atoms with Gasteiger partial charge in [0.2, 0.25) is 5.91 Å². The topological polar surface area (TPSA) is 87.2 Å². The molecule has 0 radical (unpaired) electrons.